The van der Waals surface area contributed by atoms with E-state index in [0.717, 1.165) is 0 Å². The van der Waals surface area contributed by atoms with Crippen molar-refractivity contribution in [3.8, 4) is 0 Å². The fourth-order valence-corrected chi connectivity index (χ4v) is 1.61. The van der Waals surface area contributed by atoms with Crippen molar-refractivity contribution in [1.82, 2.24) is 4.90 Å². The molecular formula is C14H22N2O3. The molecule has 5 nitrogen and oxygen atoms in total. The molecule has 1 atom stereocenters. The van der Waals surface area contributed by atoms with Gasteiger partial charge in [-0.25, -0.2) is 4.79 Å². The lowest BCUT2D eigenvalue weighted by atomic mass is 10.3. The first-order chi connectivity index (χ1) is 9.10. The highest BCUT2D eigenvalue weighted by atomic mass is 16.7. The van der Waals surface area contributed by atoms with Gasteiger partial charge in [-0.1, -0.05) is 18.2 Å². The molecule has 1 N–H and O–H groups in total. The molecule has 5 heteroatoms. The number of para-hydroxylation sites is 1. The maximum atomic E-state index is 12.4. The molecule has 0 aromatic heterocycles. The van der Waals surface area contributed by atoms with Crippen LogP contribution in [0.25, 0.3) is 0 Å². The van der Waals surface area contributed by atoms with E-state index in [2.05, 4.69) is 0 Å². The van der Waals surface area contributed by atoms with Crippen LogP contribution in [0.1, 0.15) is 20.8 Å². The second kappa shape index (κ2) is 7.76. The number of aliphatic hydroxyl groups is 1. The first-order valence-corrected chi connectivity index (χ1v) is 6.55. The lowest BCUT2D eigenvalue weighted by Crippen LogP contribution is -2.44. The summed E-state index contributed by atoms with van der Waals surface area (Å²) in [7, 11) is 0. The topological polar surface area (TPSA) is 53.0 Å². The molecule has 0 spiro atoms. The molecule has 0 heterocycles. The summed E-state index contributed by atoms with van der Waals surface area (Å²) in [5.74, 6) is 0. The van der Waals surface area contributed by atoms with E-state index in [1.807, 2.05) is 32.0 Å². The Bertz CT molecular complexity index is 378. The molecule has 1 aromatic carbocycles. The minimum atomic E-state index is -0.629. The number of urea groups is 1. The van der Waals surface area contributed by atoms with E-state index in [1.54, 1.807) is 24.0 Å². The number of hydrogen-bond donors (Lipinski definition) is 1. The molecule has 1 aromatic rings. The van der Waals surface area contributed by atoms with E-state index in [-0.39, 0.29) is 12.6 Å². The van der Waals surface area contributed by atoms with Gasteiger partial charge in [-0.3, -0.25) is 4.84 Å². The first-order valence-electron chi connectivity index (χ1n) is 6.55. The summed E-state index contributed by atoms with van der Waals surface area (Å²) in [5, 5.41) is 10.5. The van der Waals surface area contributed by atoms with Crippen molar-refractivity contribution < 1.29 is 14.7 Å². The third-order valence-electron chi connectivity index (χ3n) is 2.64. The molecule has 1 unspecified atom stereocenters. The molecule has 0 aliphatic carbocycles. The number of benzene rings is 1. The largest absolute Gasteiger partial charge is 0.391 e. The van der Waals surface area contributed by atoms with Crippen molar-refractivity contribution >= 4 is 11.7 Å². The molecule has 0 aliphatic rings. The van der Waals surface area contributed by atoms with Crippen molar-refractivity contribution in [2.24, 2.45) is 0 Å². The predicted octanol–water partition coefficient (Wildman–Crippen LogP) is 2.27. The second-order valence-corrected chi connectivity index (χ2v) is 4.23. The van der Waals surface area contributed by atoms with Gasteiger partial charge in [-0.05, 0) is 32.9 Å². The van der Waals surface area contributed by atoms with Gasteiger partial charge >= 0.3 is 6.03 Å². The summed E-state index contributed by atoms with van der Waals surface area (Å²) in [4.78, 5) is 19.5. The fourth-order valence-electron chi connectivity index (χ4n) is 1.61. The van der Waals surface area contributed by atoms with E-state index < -0.39 is 6.10 Å². The highest BCUT2D eigenvalue weighted by molar-refractivity contribution is 5.89. The van der Waals surface area contributed by atoms with Gasteiger partial charge in [0.2, 0.25) is 0 Å². The molecule has 0 bridgehead atoms. The highest BCUT2D eigenvalue weighted by Gasteiger charge is 2.21. The Labute approximate surface area is 114 Å². The fraction of sp³-hybridized carbons (Fsp3) is 0.500. The number of nitrogens with zero attached hydrogens (tertiary/aromatic N) is 2. The van der Waals surface area contributed by atoms with E-state index >= 15 is 0 Å². The Morgan fingerprint density at radius 3 is 2.32 bits per heavy atom. The van der Waals surface area contributed by atoms with Crippen LogP contribution < -0.4 is 5.06 Å². The predicted molar refractivity (Wildman–Crippen MR) is 74.9 cm³/mol. The van der Waals surface area contributed by atoms with Crippen LogP contribution in [0.4, 0.5) is 10.5 Å². The Hall–Kier alpha value is -1.59. The Balaban J connectivity index is 2.89. The maximum Gasteiger partial charge on any atom is 0.348 e. The molecule has 1 rings (SSSR count). The SMILES string of the molecule is CCN(CC)C(=O)N(OCC(C)O)c1ccccc1. The van der Waals surface area contributed by atoms with Gasteiger partial charge in [0.15, 0.2) is 0 Å². The number of aliphatic hydroxyl groups excluding tert-OH is 1. The van der Waals surface area contributed by atoms with Crippen LogP contribution in [-0.2, 0) is 4.84 Å². The van der Waals surface area contributed by atoms with Crippen molar-refractivity contribution in [2.45, 2.75) is 26.9 Å². The maximum absolute atomic E-state index is 12.4. The smallest absolute Gasteiger partial charge is 0.348 e. The summed E-state index contributed by atoms with van der Waals surface area (Å²) in [6.07, 6.45) is -0.629. The van der Waals surface area contributed by atoms with Crippen LogP contribution in [-0.4, -0.2) is 41.8 Å². The second-order valence-electron chi connectivity index (χ2n) is 4.23. The normalized spacial score (nSPS) is 12.0. The molecule has 19 heavy (non-hydrogen) atoms. The van der Waals surface area contributed by atoms with Crippen LogP contribution in [0.15, 0.2) is 30.3 Å². The van der Waals surface area contributed by atoms with Gasteiger partial charge in [-0.15, -0.1) is 0 Å². The van der Waals surface area contributed by atoms with E-state index in [9.17, 15) is 9.90 Å². The van der Waals surface area contributed by atoms with E-state index in [0.29, 0.717) is 18.8 Å². The summed E-state index contributed by atoms with van der Waals surface area (Å²) < 4.78 is 0. The van der Waals surface area contributed by atoms with Crippen LogP contribution in [0.5, 0.6) is 0 Å². The van der Waals surface area contributed by atoms with Crippen molar-refractivity contribution in [3.05, 3.63) is 30.3 Å². The Kier molecular flexibility index (Phi) is 6.32. The quantitative estimate of drug-likeness (QED) is 0.804. The van der Waals surface area contributed by atoms with Gasteiger partial charge in [0, 0.05) is 13.1 Å². The van der Waals surface area contributed by atoms with Gasteiger partial charge in [0.25, 0.3) is 0 Å². The van der Waals surface area contributed by atoms with Gasteiger partial charge < -0.3 is 10.0 Å². The number of anilines is 1. The summed E-state index contributed by atoms with van der Waals surface area (Å²) >= 11 is 0. The zero-order valence-corrected chi connectivity index (χ0v) is 11.7. The number of carbonyl (C=O) groups excluding carboxylic acids is 1. The molecule has 106 valence electrons. The highest BCUT2D eigenvalue weighted by Crippen LogP contribution is 2.16. The minimum Gasteiger partial charge on any atom is -0.391 e. The Morgan fingerprint density at radius 2 is 1.84 bits per heavy atom. The molecule has 2 amide bonds. The van der Waals surface area contributed by atoms with Crippen LogP contribution in [0.2, 0.25) is 0 Å². The van der Waals surface area contributed by atoms with E-state index in [4.69, 9.17) is 4.84 Å². The average Bonchev–Trinajstić information content (AvgIpc) is 2.41. The zero-order chi connectivity index (χ0) is 14.3. The molecule has 0 saturated heterocycles. The summed E-state index contributed by atoms with van der Waals surface area (Å²) in [5.41, 5.74) is 0.653. The van der Waals surface area contributed by atoms with Crippen LogP contribution >= 0.6 is 0 Å². The number of amides is 2. The van der Waals surface area contributed by atoms with E-state index in [1.165, 1.54) is 5.06 Å². The van der Waals surface area contributed by atoms with Crippen molar-refractivity contribution in [2.75, 3.05) is 24.8 Å². The van der Waals surface area contributed by atoms with Crippen LogP contribution in [0.3, 0.4) is 0 Å². The number of rotatable bonds is 6. The standard InChI is InChI=1S/C14H22N2O3/c1-4-15(5-2)14(18)16(19-11-12(3)17)13-9-7-6-8-10-13/h6-10,12,17H,4-5,11H2,1-3H3. The average molecular weight is 266 g/mol. The van der Waals surface area contributed by atoms with Gasteiger partial charge in [-0.2, -0.15) is 5.06 Å². The zero-order valence-electron chi connectivity index (χ0n) is 11.7. The summed E-state index contributed by atoms with van der Waals surface area (Å²) in [6, 6.07) is 8.91. The first kappa shape index (κ1) is 15.5. The number of carbonyl (C=O) groups is 1. The number of hydrogen-bond acceptors (Lipinski definition) is 3. The van der Waals surface area contributed by atoms with Crippen molar-refractivity contribution in [3.63, 3.8) is 0 Å². The molecule has 0 radical (unpaired) electrons. The molecule has 0 aliphatic heterocycles. The third-order valence-corrected chi connectivity index (χ3v) is 2.64. The summed E-state index contributed by atoms with van der Waals surface area (Å²) in [6.45, 7) is 6.73. The molecule has 0 fully saturated rings. The number of hydroxylamine groups is 1. The third kappa shape index (κ3) is 4.54. The molecule has 0 saturated carbocycles. The lowest BCUT2D eigenvalue weighted by Gasteiger charge is -2.28. The monoisotopic (exact) mass is 266 g/mol. The lowest BCUT2D eigenvalue weighted by molar-refractivity contribution is 0.0360. The van der Waals surface area contributed by atoms with Crippen molar-refractivity contribution in [1.29, 1.82) is 0 Å². The minimum absolute atomic E-state index is 0.0713. The van der Waals surface area contributed by atoms with Gasteiger partial charge in [0.1, 0.15) is 6.61 Å². The van der Waals surface area contributed by atoms with Gasteiger partial charge in [0.05, 0.1) is 11.8 Å². The Morgan fingerprint density at radius 1 is 1.26 bits per heavy atom. The molecular weight excluding hydrogens is 244 g/mol. The van der Waals surface area contributed by atoms with Crippen LogP contribution in [0, 0.1) is 0 Å².